The number of rotatable bonds is 3. The van der Waals surface area contributed by atoms with Gasteiger partial charge in [-0.2, -0.15) is 0 Å². The van der Waals surface area contributed by atoms with Gasteiger partial charge in [-0.1, -0.05) is 146 Å². The van der Waals surface area contributed by atoms with Gasteiger partial charge in [0.2, 0.25) is 0 Å². The van der Waals surface area contributed by atoms with Gasteiger partial charge in [-0.05, 0) is 93.3 Å². The van der Waals surface area contributed by atoms with E-state index in [0.717, 1.165) is 0 Å². The predicted molar refractivity (Wildman–Crippen MR) is 197 cm³/mol. The largest absolute Gasteiger partial charge is 0.309 e. The maximum Gasteiger partial charge on any atom is 0.0547 e. The lowest BCUT2D eigenvalue weighted by Gasteiger charge is -2.27. The highest BCUT2D eigenvalue weighted by Crippen LogP contribution is 2.47. The average Bonchev–Trinajstić information content (AvgIpc) is 3.29. The van der Waals surface area contributed by atoms with Crippen molar-refractivity contribution in [2.75, 3.05) is 0 Å². The standard InChI is InChI=1S/C44H49N/c1-28-15-12-17-30(23-28)35-19-14-20-37-39(35)40-38(22-21-36(41(40)44(9,10)11)31-18-13-16-29(2)24-31)45(37)34-26-32(42(3,4)5)25-33(27-34)43(6,7)8/h12-27H,1-11H3. The van der Waals surface area contributed by atoms with Gasteiger partial charge in [0.05, 0.1) is 11.0 Å². The summed E-state index contributed by atoms with van der Waals surface area (Å²) in [4.78, 5) is 0. The first-order valence-corrected chi connectivity index (χ1v) is 16.5. The van der Waals surface area contributed by atoms with Gasteiger partial charge in [-0.15, -0.1) is 0 Å². The van der Waals surface area contributed by atoms with E-state index in [4.69, 9.17) is 0 Å². The van der Waals surface area contributed by atoms with Gasteiger partial charge in [0, 0.05) is 16.5 Å². The van der Waals surface area contributed by atoms with Crippen LogP contribution in [-0.2, 0) is 16.2 Å². The summed E-state index contributed by atoms with van der Waals surface area (Å²) in [5, 5.41) is 2.68. The second kappa shape index (κ2) is 10.8. The number of benzene rings is 5. The number of nitrogens with zero attached hydrogens (tertiary/aromatic N) is 1. The molecular weight excluding hydrogens is 542 g/mol. The van der Waals surface area contributed by atoms with E-state index in [2.05, 4.69) is 178 Å². The van der Waals surface area contributed by atoms with Crippen LogP contribution in [0.25, 0.3) is 49.7 Å². The van der Waals surface area contributed by atoms with Gasteiger partial charge in [-0.25, -0.2) is 0 Å². The van der Waals surface area contributed by atoms with Crippen molar-refractivity contribution in [2.24, 2.45) is 0 Å². The molecule has 0 atom stereocenters. The van der Waals surface area contributed by atoms with E-state index in [-0.39, 0.29) is 16.2 Å². The minimum Gasteiger partial charge on any atom is -0.309 e. The first-order valence-electron chi connectivity index (χ1n) is 16.5. The summed E-state index contributed by atoms with van der Waals surface area (Å²) in [5.41, 5.74) is 15.5. The van der Waals surface area contributed by atoms with Crippen LogP contribution in [0.2, 0.25) is 0 Å². The summed E-state index contributed by atoms with van der Waals surface area (Å²) in [6.45, 7) is 25.5. The van der Waals surface area contributed by atoms with Gasteiger partial charge < -0.3 is 4.57 Å². The number of aromatic nitrogens is 1. The Balaban J connectivity index is 1.85. The zero-order valence-electron chi connectivity index (χ0n) is 29.2. The van der Waals surface area contributed by atoms with Crippen molar-refractivity contribution in [3.8, 4) is 27.9 Å². The Hall–Kier alpha value is -4.10. The summed E-state index contributed by atoms with van der Waals surface area (Å²) in [5.74, 6) is 0. The molecule has 6 rings (SSSR count). The summed E-state index contributed by atoms with van der Waals surface area (Å²) < 4.78 is 2.55. The maximum atomic E-state index is 2.55. The summed E-state index contributed by atoms with van der Waals surface area (Å²) in [6, 6.07) is 36.9. The molecular formula is C44H49N. The second-order valence-electron chi connectivity index (χ2n) is 16.2. The smallest absolute Gasteiger partial charge is 0.0547 e. The van der Waals surface area contributed by atoms with Gasteiger partial charge in [0.25, 0.3) is 0 Å². The van der Waals surface area contributed by atoms with Gasteiger partial charge in [0.1, 0.15) is 0 Å². The Morgan fingerprint density at radius 3 is 1.47 bits per heavy atom. The monoisotopic (exact) mass is 591 g/mol. The highest BCUT2D eigenvalue weighted by molar-refractivity contribution is 6.18. The molecule has 1 heteroatoms. The number of hydrogen-bond donors (Lipinski definition) is 0. The van der Waals surface area contributed by atoms with Crippen LogP contribution in [0, 0.1) is 13.8 Å². The fraction of sp³-hybridized carbons (Fsp3) is 0.318. The highest BCUT2D eigenvalue weighted by atomic mass is 15.0. The van der Waals surface area contributed by atoms with Crippen LogP contribution < -0.4 is 0 Å². The molecule has 1 nitrogen and oxygen atoms in total. The molecule has 0 saturated carbocycles. The van der Waals surface area contributed by atoms with Crippen LogP contribution in [0.3, 0.4) is 0 Å². The number of aryl methyl sites for hydroxylation is 2. The quantitative estimate of drug-likeness (QED) is 0.193. The van der Waals surface area contributed by atoms with Crippen molar-refractivity contribution in [2.45, 2.75) is 92.4 Å². The molecule has 5 aromatic carbocycles. The number of fused-ring (bicyclic) bond motifs is 3. The molecule has 0 aliphatic carbocycles. The first kappa shape index (κ1) is 30.9. The third-order valence-electron chi connectivity index (χ3n) is 9.27. The van der Waals surface area contributed by atoms with Crippen LogP contribution in [-0.4, -0.2) is 4.57 Å². The lowest BCUT2D eigenvalue weighted by molar-refractivity contribution is 0.568. The fourth-order valence-electron chi connectivity index (χ4n) is 6.92. The molecule has 0 unspecified atom stereocenters. The zero-order valence-corrected chi connectivity index (χ0v) is 29.2. The van der Waals surface area contributed by atoms with E-state index in [9.17, 15) is 0 Å². The molecule has 0 bridgehead atoms. The van der Waals surface area contributed by atoms with E-state index in [1.165, 1.54) is 77.6 Å². The van der Waals surface area contributed by atoms with Crippen LogP contribution in [0.5, 0.6) is 0 Å². The van der Waals surface area contributed by atoms with Crippen LogP contribution in [0.4, 0.5) is 0 Å². The van der Waals surface area contributed by atoms with E-state index >= 15 is 0 Å². The summed E-state index contributed by atoms with van der Waals surface area (Å²) >= 11 is 0. The Labute approximate surface area is 270 Å². The van der Waals surface area contributed by atoms with E-state index in [1.54, 1.807) is 0 Å². The van der Waals surface area contributed by atoms with Crippen molar-refractivity contribution in [3.05, 3.63) is 125 Å². The van der Waals surface area contributed by atoms with Gasteiger partial charge >= 0.3 is 0 Å². The SMILES string of the molecule is Cc1cccc(-c2ccc3c(c2C(C)(C)C)c2c(-c4cccc(C)c4)cccc2n3-c2cc(C(C)(C)C)cc(C(C)(C)C)c2)c1. The zero-order chi connectivity index (χ0) is 32.5. The molecule has 0 spiro atoms. The van der Waals surface area contributed by atoms with Crippen molar-refractivity contribution in [1.29, 1.82) is 0 Å². The van der Waals surface area contributed by atoms with E-state index in [0.29, 0.717) is 0 Å². The van der Waals surface area contributed by atoms with Crippen molar-refractivity contribution >= 4 is 21.8 Å². The second-order valence-corrected chi connectivity index (χ2v) is 16.2. The lowest BCUT2D eigenvalue weighted by atomic mass is 9.78. The summed E-state index contributed by atoms with van der Waals surface area (Å²) in [6.07, 6.45) is 0. The molecule has 0 fully saturated rings. The Bertz CT molecular complexity index is 2030. The minimum atomic E-state index is -0.0960. The number of hydrogen-bond acceptors (Lipinski definition) is 0. The normalized spacial score (nSPS) is 12.8. The van der Waals surface area contributed by atoms with E-state index in [1.807, 2.05) is 0 Å². The van der Waals surface area contributed by atoms with Crippen molar-refractivity contribution in [1.82, 2.24) is 4.57 Å². The third kappa shape index (κ3) is 5.63. The molecule has 230 valence electrons. The Morgan fingerprint density at radius 1 is 0.444 bits per heavy atom. The first-order chi connectivity index (χ1) is 21.0. The van der Waals surface area contributed by atoms with Crippen LogP contribution in [0.15, 0.2) is 97.1 Å². The molecule has 1 aromatic heterocycles. The minimum absolute atomic E-state index is 0.0242. The molecule has 1 heterocycles. The molecule has 0 amide bonds. The molecule has 0 aliphatic rings. The molecule has 0 aliphatic heterocycles. The van der Waals surface area contributed by atoms with E-state index < -0.39 is 0 Å². The summed E-state index contributed by atoms with van der Waals surface area (Å²) in [7, 11) is 0. The average molecular weight is 592 g/mol. The van der Waals surface area contributed by atoms with Crippen molar-refractivity contribution < 1.29 is 0 Å². The topological polar surface area (TPSA) is 4.93 Å². The lowest BCUT2D eigenvalue weighted by Crippen LogP contribution is -2.17. The third-order valence-corrected chi connectivity index (χ3v) is 9.27. The Kier molecular flexibility index (Phi) is 7.39. The van der Waals surface area contributed by atoms with Gasteiger partial charge in [0.15, 0.2) is 0 Å². The highest BCUT2D eigenvalue weighted by Gasteiger charge is 2.29. The molecule has 0 radical (unpaired) electrons. The van der Waals surface area contributed by atoms with Gasteiger partial charge in [-0.3, -0.25) is 0 Å². The predicted octanol–water partition coefficient (Wildman–Crippen LogP) is 12.6. The van der Waals surface area contributed by atoms with Crippen LogP contribution in [0.1, 0.15) is 90.1 Å². The Morgan fingerprint density at radius 2 is 0.956 bits per heavy atom. The van der Waals surface area contributed by atoms with Crippen LogP contribution >= 0.6 is 0 Å². The fourth-order valence-corrected chi connectivity index (χ4v) is 6.92. The molecule has 6 aromatic rings. The molecule has 0 N–H and O–H groups in total. The maximum absolute atomic E-state index is 2.55. The molecule has 45 heavy (non-hydrogen) atoms. The molecule has 0 saturated heterocycles. The van der Waals surface area contributed by atoms with Crippen molar-refractivity contribution in [3.63, 3.8) is 0 Å².